The Hall–Kier alpha value is -3.97. The van der Waals surface area contributed by atoms with E-state index >= 15 is 0 Å². The molecule has 8 heteroatoms. The normalized spacial score (nSPS) is 13.8. The number of fused-ring (bicyclic) bond motifs is 1. The first-order valence-corrected chi connectivity index (χ1v) is 11.1. The lowest BCUT2D eigenvalue weighted by Gasteiger charge is -2.23. The number of rotatable bonds is 7. The van der Waals surface area contributed by atoms with Gasteiger partial charge in [-0.3, -0.25) is 14.4 Å². The lowest BCUT2D eigenvalue weighted by Crippen LogP contribution is -2.28. The summed E-state index contributed by atoms with van der Waals surface area (Å²) in [5.41, 5.74) is 1.06. The van der Waals surface area contributed by atoms with Crippen LogP contribution >= 0.6 is 11.6 Å². The number of Topliss-reactive ketones (excluding diaryl/α,β-unsaturated/α-hetero) is 1. The van der Waals surface area contributed by atoms with Crippen molar-refractivity contribution in [3.63, 3.8) is 0 Å². The Kier molecular flexibility index (Phi) is 7.71. The van der Waals surface area contributed by atoms with Crippen molar-refractivity contribution in [2.45, 2.75) is 33.3 Å². The molecule has 1 unspecified atom stereocenters. The average molecular weight is 495 g/mol. The van der Waals surface area contributed by atoms with Crippen LogP contribution in [-0.2, 0) is 9.53 Å². The fraction of sp³-hybridized carbons (Fsp3) is 0.185. The first kappa shape index (κ1) is 25.6. The van der Waals surface area contributed by atoms with Gasteiger partial charge in [-0.2, -0.15) is 0 Å². The van der Waals surface area contributed by atoms with Crippen LogP contribution in [0.15, 0.2) is 65.8 Å². The molecule has 7 nitrogen and oxygen atoms in total. The molecule has 0 saturated carbocycles. The number of ketones is 3. The van der Waals surface area contributed by atoms with E-state index in [-0.39, 0.29) is 23.1 Å². The molecule has 0 aromatic heterocycles. The zero-order chi connectivity index (χ0) is 25.9. The third-order valence-corrected chi connectivity index (χ3v) is 5.60. The number of ether oxygens (including phenoxy) is 1. The number of esters is 1. The quantitative estimate of drug-likeness (QED) is 0.181. The highest BCUT2D eigenvalue weighted by Crippen LogP contribution is 2.36. The molecule has 1 aliphatic carbocycles. The van der Waals surface area contributed by atoms with Gasteiger partial charge in [0.25, 0.3) is 0 Å². The maximum absolute atomic E-state index is 13.1. The van der Waals surface area contributed by atoms with Gasteiger partial charge in [-0.15, -0.1) is 0 Å². The third kappa shape index (κ3) is 5.75. The summed E-state index contributed by atoms with van der Waals surface area (Å²) in [4.78, 5) is 50.8. The van der Waals surface area contributed by atoms with Crippen LogP contribution in [0.1, 0.15) is 56.9 Å². The van der Waals surface area contributed by atoms with Crippen molar-refractivity contribution >= 4 is 34.9 Å². The van der Waals surface area contributed by atoms with E-state index in [1.807, 2.05) is 13.8 Å². The maximum atomic E-state index is 13.1. The van der Waals surface area contributed by atoms with Gasteiger partial charge < -0.3 is 14.9 Å². The summed E-state index contributed by atoms with van der Waals surface area (Å²) in [5.74, 6) is -3.73. The molecular formula is C27H23ClO7. The number of benzene rings is 2. The van der Waals surface area contributed by atoms with E-state index in [2.05, 4.69) is 0 Å². The number of aromatic hydroxyl groups is 2. The molecule has 1 atom stereocenters. The van der Waals surface area contributed by atoms with Gasteiger partial charge in [-0.05, 0) is 62.8 Å². The standard InChI is InChI=1S/C27H23ClO7/c1-14(2)4-10-23(18-13-22(32)25-20(30)7-8-21(31)26(25)27(18)34)35-24(33)11-9-19(29)17-12-16(28)6-5-15(17)3/h4-9,11-13,23,30-31H,10H2,1-3H3/b11-9-. The molecule has 0 fully saturated rings. The number of allylic oxidation sites excluding steroid dienone is 3. The summed E-state index contributed by atoms with van der Waals surface area (Å²) in [6.07, 6.45) is 3.59. The van der Waals surface area contributed by atoms with Crippen LogP contribution in [-0.4, -0.2) is 39.6 Å². The number of hydrogen-bond donors (Lipinski definition) is 2. The molecule has 35 heavy (non-hydrogen) atoms. The molecule has 2 aromatic carbocycles. The van der Waals surface area contributed by atoms with Crippen molar-refractivity contribution in [2.75, 3.05) is 0 Å². The van der Waals surface area contributed by atoms with Gasteiger partial charge in [0.15, 0.2) is 17.3 Å². The van der Waals surface area contributed by atoms with Crippen molar-refractivity contribution in [3.8, 4) is 11.5 Å². The van der Waals surface area contributed by atoms with Crippen LogP contribution in [0.25, 0.3) is 0 Å². The zero-order valence-electron chi connectivity index (χ0n) is 19.3. The minimum Gasteiger partial charge on any atom is -0.507 e. The van der Waals surface area contributed by atoms with E-state index in [0.717, 1.165) is 35.9 Å². The van der Waals surface area contributed by atoms with Gasteiger partial charge in [0, 0.05) is 28.7 Å². The van der Waals surface area contributed by atoms with Gasteiger partial charge in [0.2, 0.25) is 0 Å². The smallest absolute Gasteiger partial charge is 0.331 e. The highest BCUT2D eigenvalue weighted by Gasteiger charge is 2.35. The fourth-order valence-electron chi connectivity index (χ4n) is 3.58. The van der Waals surface area contributed by atoms with Gasteiger partial charge in [0.1, 0.15) is 17.6 Å². The van der Waals surface area contributed by atoms with Crippen molar-refractivity contribution in [1.29, 1.82) is 0 Å². The number of phenolic OH excluding ortho intramolecular Hbond substituents is 2. The second kappa shape index (κ2) is 10.5. The predicted molar refractivity (Wildman–Crippen MR) is 130 cm³/mol. The molecule has 1 aliphatic rings. The van der Waals surface area contributed by atoms with Crippen molar-refractivity contribution in [3.05, 3.63) is 93.1 Å². The summed E-state index contributed by atoms with van der Waals surface area (Å²) >= 11 is 5.95. The highest BCUT2D eigenvalue weighted by atomic mass is 35.5. The molecule has 2 N–H and O–H groups in total. The minimum absolute atomic E-state index is 0.0724. The number of carbonyl (C=O) groups is 4. The number of hydrogen-bond acceptors (Lipinski definition) is 7. The van der Waals surface area contributed by atoms with E-state index in [9.17, 15) is 29.4 Å². The molecule has 3 rings (SSSR count). The lowest BCUT2D eigenvalue weighted by atomic mass is 9.85. The van der Waals surface area contributed by atoms with E-state index < -0.39 is 40.9 Å². The summed E-state index contributed by atoms with van der Waals surface area (Å²) in [5, 5.41) is 20.6. The molecule has 180 valence electrons. The van der Waals surface area contributed by atoms with E-state index in [0.29, 0.717) is 16.1 Å². The molecule has 0 heterocycles. The SMILES string of the molecule is CC(C)=CCC(OC(=O)/C=C\C(=O)c1cc(Cl)ccc1C)C1=CC(=O)c2c(O)ccc(O)c2C1=O. The van der Waals surface area contributed by atoms with Crippen molar-refractivity contribution in [1.82, 2.24) is 0 Å². The van der Waals surface area contributed by atoms with Crippen LogP contribution in [0.3, 0.4) is 0 Å². The van der Waals surface area contributed by atoms with Crippen molar-refractivity contribution < 1.29 is 34.1 Å². The molecule has 2 aromatic rings. The molecular weight excluding hydrogens is 472 g/mol. The first-order chi connectivity index (χ1) is 16.5. The summed E-state index contributed by atoms with van der Waals surface area (Å²) in [7, 11) is 0. The minimum atomic E-state index is -1.17. The van der Waals surface area contributed by atoms with E-state index in [1.165, 1.54) is 6.07 Å². The van der Waals surface area contributed by atoms with Gasteiger partial charge in [-0.1, -0.05) is 29.3 Å². The Morgan fingerprint density at radius 1 is 1.03 bits per heavy atom. The molecule has 0 saturated heterocycles. The van der Waals surface area contributed by atoms with Crippen LogP contribution in [0, 0.1) is 6.92 Å². The fourth-order valence-corrected chi connectivity index (χ4v) is 3.75. The Morgan fingerprint density at radius 2 is 1.69 bits per heavy atom. The molecule has 0 aliphatic heterocycles. The Bertz CT molecular complexity index is 1330. The zero-order valence-corrected chi connectivity index (χ0v) is 20.1. The predicted octanol–water partition coefficient (Wildman–Crippen LogP) is 5.07. The lowest BCUT2D eigenvalue weighted by molar-refractivity contribution is -0.141. The Morgan fingerprint density at radius 3 is 2.34 bits per heavy atom. The highest BCUT2D eigenvalue weighted by molar-refractivity contribution is 6.31. The molecule has 0 bridgehead atoms. The Labute approximate surface area is 207 Å². The average Bonchev–Trinajstić information content (AvgIpc) is 2.80. The largest absolute Gasteiger partial charge is 0.507 e. The molecule has 0 radical (unpaired) electrons. The second-order valence-corrected chi connectivity index (χ2v) is 8.68. The Balaban J connectivity index is 1.89. The maximum Gasteiger partial charge on any atom is 0.331 e. The summed E-state index contributed by atoms with van der Waals surface area (Å²) in [6, 6.07) is 7.03. The number of aryl methyl sites for hydroxylation is 1. The number of carbonyl (C=O) groups excluding carboxylic acids is 4. The molecule has 0 spiro atoms. The van der Waals surface area contributed by atoms with E-state index in [1.54, 1.807) is 25.1 Å². The number of halogens is 1. The first-order valence-electron chi connectivity index (χ1n) is 10.7. The van der Waals surface area contributed by atoms with E-state index in [4.69, 9.17) is 16.3 Å². The summed E-state index contributed by atoms with van der Waals surface area (Å²) < 4.78 is 5.45. The van der Waals surface area contributed by atoms with Gasteiger partial charge in [-0.25, -0.2) is 4.79 Å². The second-order valence-electron chi connectivity index (χ2n) is 8.25. The third-order valence-electron chi connectivity index (χ3n) is 5.36. The molecule has 0 amide bonds. The monoisotopic (exact) mass is 494 g/mol. The van der Waals surface area contributed by atoms with Crippen molar-refractivity contribution in [2.24, 2.45) is 0 Å². The van der Waals surface area contributed by atoms with Gasteiger partial charge >= 0.3 is 5.97 Å². The topological polar surface area (TPSA) is 118 Å². The summed E-state index contributed by atoms with van der Waals surface area (Å²) in [6.45, 7) is 5.35. The van der Waals surface area contributed by atoms with Crippen LogP contribution in [0.2, 0.25) is 5.02 Å². The van der Waals surface area contributed by atoms with Crippen LogP contribution < -0.4 is 0 Å². The van der Waals surface area contributed by atoms with Crippen LogP contribution in [0.5, 0.6) is 11.5 Å². The number of phenols is 2. The van der Waals surface area contributed by atoms with Crippen LogP contribution in [0.4, 0.5) is 0 Å². The van der Waals surface area contributed by atoms with Gasteiger partial charge in [0.05, 0.1) is 11.1 Å².